The van der Waals surface area contributed by atoms with Gasteiger partial charge in [0.15, 0.2) is 5.72 Å². The van der Waals surface area contributed by atoms with E-state index < -0.39 is 5.72 Å². The summed E-state index contributed by atoms with van der Waals surface area (Å²) >= 11 is 0. The van der Waals surface area contributed by atoms with Gasteiger partial charge < -0.3 is 5.11 Å². The number of hydrogen-bond acceptors (Lipinski definition) is 7. The Morgan fingerprint density at radius 3 is 2.44 bits per heavy atom. The van der Waals surface area contributed by atoms with Gasteiger partial charge in [0.05, 0.1) is 11.4 Å². The van der Waals surface area contributed by atoms with Crippen molar-refractivity contribution in [3.63, 3.8) is 0 Å². The van der Waals surface area contributed by atoms with E-state index in [4.69, 9.17) is 0 Å². The highest BCUT2D eigenvalue weighted by molar-refractivity contribution is 5.46. The molecule has 7 heteroatoms. The van der Waals surface area contributed by atoms with E-state index in [0.29, 0.717) is 0 Å². The molecule has 1 unspecified atom stereocenters. The third-order valence-electron chi connectivity index (χ3n) is 1.74. The summed E-state index contributed by atoms with van der Waals surface area (Å²) in [4.78, 5) is 39.8. The molecule has 0 aromatic rings. The Morgan fingerprint density at radius 1 is 1.19 bits per heavy atom. The summed E-state index contributed by atoms with van der Waals surface area (Å²) in [5.74, 6) is 0. The summed E-state index contributed by atoms with van der Waals surface area (Å²) in [5.41, 5.74) is -1.81. The number of rotatable bonds is 3. The highest BCUT2D eigenvalue weighted by Crippen LogP contribution is 2.28. The standard InChI is InChI=1S/C9H5N3O4/c13-4-10-7-1-8(11-5-14)3-9(16,2-7)12-6-15/h1-2,16H,3H2. The largest absolute Gasteiger partial charge is 0.365 e. The molecule has 80 valence electrons. The van der Waals surface area contributed by atoms with Crippen molar-refractivity contribution < 1.29 is 19.5 Å². The molecule has 0 bridgehead atoms. The van der Waals surface area contributed by atoms with Crippen LogP contribution >= 0.6 is 0 Å². The molecular weight excluding hydrogens is 214 g/mol. The van der Waals surface area contributed by atoms with Gasteiger partial charge >= 0.3 is 0 Å². The first kappa shape index (κ1) is 11.7. The van der Waals surface area contributed by atoms with Gasteiger partial charge in [0.1, 0.15) is 0 Å². The van der Waals surface area contributed by atoms with Crippen molar-refractivity contribution in [3.8, 4) is 0 Å². The van der Waals surface area contributed by atoms with Gasteiger partial charge in [-0.15, -0.1) is 0 Å². The Morgan fingerprint density at radius 2 is 1.88 bits per heavy atom. The SMILES string of the molecule is O=C=NC1=CC(O)(N=C=O)CC(N=C=O)=C1. The lowest BCUT2D eigenvalue weighted by Crippen LogP contribution is -2.26. The van der Waals surface area contributed by atoms with Crippen LogP contribution in [0.3, 0.4) is 0 Å². The fraction of sp³-hybridized carbons (Fsp3) is 0.222. The second-order valence-electron chi connectivity index (χ2n) is 2.87. The molecule has 0 radical (unpaired) electrons. The van der Waals surface area contributed by atoms with Crippen LogP contribution in [-0.4, -0.2) is 29.1 Å². The zero-order valence-electron chi connectivity index (χ0n) is 7.88. The lowest BCUT2D eigenvalue weighted by Gasteiger charge is -2.21. The molecule has 1 atom stereocenters. The highest BCUT2D eigenvalue weighted by Gasteiger charge is 2.29. The Bertz CT molecular complexity index is 503. The highest BCUT2D eigenvalue weighted by atomic mass is 16.3. The molecule has 0 aliphatic heterocycles. The van der Waals surface area contributed by atoms with Gasteiger partial charge in [0.2, 0.25) is 18.2 Å². The molecule has 1 aliphatic rings. The van der Waals surface area contributed by atoms with Crippen molar-refractivity contribution in [3.05, 3.63) is 23.5 Å². The normalized spacial score (nSPS) is 22.8. The molecule has 0 saturated heterocycles. The van der Waals surface area contributed by atoms with Crippen LogP contribution in [0.4, 0.5) is 0 Å². The molecule has 0 saturated carbocycles. The molecule has 1 aliphatic carbocycles. The number of isocyanates is 3. The zero-order chi connectivity index (χ0) is 12.0. The van der Waals surface area contributed by atoms with E-state index in [2.05, 4.69) is 15.0 Å². The predicted molar refractivity (Wildman–Crippen MR) is 50.1 cm³/mol. The Balaban J connectivity index is 3.23. The average molecular weight is 219 g/mol. The lowest BCUT2D eigenvalue weighted by atomic mass is 10.0. The summed E-state index contributed by atoms with van der Waals surface area (Å²) in [6.07, 6.45) is 5.83. The summed E-state index contributed by atoms with van der Waals surface area (Å²) in [7, 11) is 0. The molecule has 16 heavy (non-hydrogen) atoms. The van der Waals surface area contributed by atoms with E-state index >= 15 is 0 Å². The van der Waals surface area contributed by atoms with E-state index in [-0.39, 0.29) is 17.8 Å². The van der Waals surface area contributed by atoms with Gasteiger partial charge in [-0.1, -0.05) is 0 Å². The minimum absolute atomic E-state index is 0.00301. The third-order valence-corrected chi connectivity index (χ3v) is 1.74. The fourth-order valence-corrected chi connectivity index (χ4v) is 1.22. The van der Waals surface area contributed by atoms with Gasteiger partial charge in [-0.2, -0.15) is 15.0 Å². The van der Waals surface area contributed by atoms with Crippen LogP contribution in [0.5, 0.6) is 0 Å². The van der Waals surface area contributed by atoms with Crippen LogP contribution in [0.1, 0.15) is 6.42 Å². The van der Waals surface area contributed by atoms with Gasteiger partial charge in [0, 0.05) is 6.42 Å². The van der Waals surface area contributed by atoms with Crippen LogP contribution in [0.2, 0.25) is 0 Å². The topological polar surface area (TPSA) is 109 Å². The second-order valence-corrected chi connectivity index (χ2v) is 2.87. The van der Waals surface area contributed by atoms with E-state index in [0.717, 1.165) is 6.08 Å². The first-order chi connectivity index (χ1) is 7.63. The first-order valence-electron chi connectivity index (χ1n) is 4.04. The minimum atomic E-state index is -1.90. The fourth-order valence-electron chi connectivity index (χ4n) is 1.22. The Labute approximate surface area is 89.2 Å². The summed E-state index contributed by atoms with van der Waals surface area (Å²) in [6, 6.07) is 0. The monoisotopic (exact) mass is 219 g/mol. The van der Waals surface area contributed by atoms with Gasteiger partial charge in [-0.25, -0.2) is 14.4 Å². The van der Waals surface area contributed by atoms with E-state index in [1.165, 1.54) is 24.3 Å². The van der Waals surface area contributed by atoms with Crippen molar-refractivity contribution >= 4 is 18.2 Å². The maximum atomic E-state index is 10.1. The number of carbonyl (C=O) groups excluding carboxylic acids is 3. The summed E-state index contributed by atoms with van der Waals surface area (Å²) in [6.45, 7) is 0. The molecule has 1 rings (SSSR count). The van der Waals surface area contributed by atoms with Crippen LogP contribution in [0, 0.1) is 0 Å². The second kappa shape index (κ2) is 4.89. The first-order valence-corrected chi connectivity index (χ1v) is 4.04. The Hall–Kier alpha value is -2.42. The lowest BCUT2D eigenvalue weighted by molar-refractivity contribution is 0.0987. The zero-order valence-corrected chi connectivity index (χ0v) is 7.88. The van der Waals surface area contributed by atoms with Crippen molar-refractivity contribution in [2.75, 3.05) is 0 Å². The predicted octanol–water partition coefficient (Wildman–Crippen LogP) is -0.146. The smallest absolute Gasteiger partial charge is 0.240 e. The molecule has 0 amide bonds. The third kappa shape index (κ3) is 2.78. The molecule has 7 nitrogen and oxygen atoms in total. The molecule has 0 fully saturated rings. The number of aliphatic imine (C=N–C) groups is 3. The number of nitrogens with zero attached hydrogens (tertiary/aromatic N) is 3. The van der Waals surface area contributed by atoms with Crippen molar-refractivity contribution in [2.24, 2.45) is 15.0 Å². The van der Waals surface area contributed by atoms with Gasteiger partial charge in [-0.05, 0) is 12.2 Å². The Kier molecular flexibility index (Phi) is 3.56. The summed E-state index contributed by atoms with van der Waals surface area (Å²) in [5, 5.41) is 9.74. The van der Waals surface area contributed by atoms with E-state index in [1.807, 2.05) is 0 Å². The maximum Gasteiger partial charge on any atom is 0.240 e. The summed E-state index contributed by atoms with van der Waals surface area (Å²) < 4.78 is 0. The molecule has 0 heterocycles. The van der Waals surface area contributed by atoms with Crippen LogP contribution in [0.15, 0.2) is 38.5 Å². The van der Waals surface area contributed by atoms with Crippen LogP contribution in [-0.2, 0) is 14.4 Å². The number of aliphatic hydroxyl groups is 1. The average Bonchev–Trinajstić information content (AvgIpc) is 2.17. The maximum absolute atomic E-state index is 10.1. The van der Waals surface area contributed by atoms with Crippen LogP contribution in [0.25, 0.3) is 0 Å². The number of allylic oxidation sites excluding steroid dienone is 1. The molecule has 0 aromatic heterocycles. The number of hydrogen-bond donors (Lipinski definition) is 1. The molecular formula is C9H5N3O4. The van der Waals surface area contributed by atoms with Gasteiger partial charge in [0.25, 0.3) is 0 Å². The van der Waals surface area contributed by atoms with Crippen LogP contribution < -0.4 is 0 Å². The molecule has 0 aromatic carbocycles. The minimum Gasteiger partial charge on any atom is -0.365 e. The quantitative estimate of drug-likeness (QED) is 0.526. The van der Waals surface area contributed by atoms with Crippen molar-refractivity contribution in [1.29, 1.82) is 0 Å². The van der Waals surface area contributed by atoms with Crippen molar-refractivity contribution in [1.82, 2.24) is 0 Å². The van der Waals surface area contributed by atoms with E-state index in [1.54, 1.807) is 0 Å². The van der Waals surface area contributed by atoms with Gasteiger partial charge in [-0.3, -0.25) is 0 Å². The van der Waals surface area contributed by atoms with Crippen molar-refractivity contribution in [2.45, 2.75) is 12.1 Å². The molecule has 1 N–H and O–H groups in total. The van der Waals surface area contributed by atoms with E-state index in [9.17, 15) is 19.5 Å². The molecule has 0 spiro atoms.